The first kappa shape index (κ1) is 16.4. The molecule has 0 fully saturated rings. The molecule has 5 nitrogen and oxygen atoms in total. The smallest absolute Gasteiger partial charge is 0.341 e. The van der Waals surface area contributed by atoms with Crippen molar-refractivity contribution in [2.24, 2.45) is 5.92 Å². The molecule has 0 saturated heterocycles. The van der Waals surface area contributed by atoms with E-state index in [9.17, 15) is 22.0 Å². The molecule has 0 aliphatic rings. The summed E-state index contributed by atoms with van der Waals surface area (Å²) in [5, 5.41) is 11.7. The summed E-state index contributed by atoms with van der Waals surface area (Å²) >= 11 is 0. The van der Waals surface area contributed by atoms with E-state index in [1.165, 1.54) is 19.1 Å². The molecular weight excluding hydrogens is 292 g/mol. The second-order valence-electron chi connectivity index (χ2n) is 4.39. The number of carboxylic acid groups (broad SMARTS) is 1. The SMILES string of the molecule is CC(Nc1ccc(S(=O)(=O)C(F)F)cc1)C(C)C(=O)O. The molecule has 8 heteroatoms. The maximum atomic E-state index is 12.3. The third kappa shape index (κ3) is 3.66. The lowest BCUT2D eigenvalue weighted by Gasteiger charge is -2.19. The predicted octanol–water partition coefficient (Wildman–Crippen LogP) is 2.20. The second-order valence-corrected chi connectivity index (χ2v) is 6.31. The first-order chi connectivity index (χ1) is 9.16. The van der Waals surface area contributed by atoms with Gasteiger partial charge in [0.25, 0.3) is 0 Å². The molecule has 1 aromatic carbocycles. The van der Waals surface area contributed by atoms with Crippen LogP contribution in [0.2, 0.25) is 0 Å². The van der Waals surface area contributed by atoms with Crippen molar-refractivity contribution in [1.82, 2.24) is 0 Å². The largest absolute Gasteiger partial charge is 0.481 e. The molecular formula is C12H15F2NO4S. The topological polar surface area (TPSA) is 83.5 Å². The van der Waals surface area contributed by atoms with Crippen molar-refractivity contribution in [2.45, 2.75) is 30.5 Å². The fourth-order valence-corrected chi connectivity index (χ4v) is 2.17. The summed E-state index contributed by atoms with van der Waals surface area (Å²) in [7, 11) is -4.61. The highest BCUT2D eigenvalue weighted by atomic mass is 32.2. The average molecular weight is 307 g/mol. The Bertz CT molecular complexity index is 572. The van der Waals surface area contributed by atoms with Crippen LogP contribution < -0.4 is 5.32 Å². The molecule has 0 heterocycles. The molecule has 0 amide bonds. The van der Waals surface area contributed by atoms with Gasteiger partial charge in [-0.2, -0.15) is 8.78 Å². The first-order valence-electron chi connectivity index (χ1n) is 5.77. The maximum absolute atomic E-state index is 12.3. The van der Waals surface area contributed by atoms with Gasteiger partial charge < -0.3 is 10.4 Å². The standard InChI is InChI=1S/C12H15F2NO4S/c1-7(11(16)17)8(2)15-9-3-5-10(6-4-9)20(18,19)12(13)14/h3-8,12,15H,1-2H3,(H,16,17). The third-order valence-corrected chi connectivity index (χ3v) is 4.35. The highest BCUT2D eigenvalue weighted by Gasteiger charge is 2.26. The Morgan fingerprint density at radius 2 is 1.70 bits per heavy atom. The zero-order chi connectivity index (χ0) is 15.5. The van der Waals surface area contributed by atoms with Gasteiger partial charge in [-0.3, -0.25) is 4.79 Å². The van der Waals surface area contributed by atoms with Crippen LogP contribution in [0, 0.1) is 5.92 Å². The van der Waals surface area contributed by atoms with E-state index in [1.807, 2.05) is 0 Å². The number of hydrogen-bond donors (Lipinski definition) is 2. The van der Waals surface area contributed by atoms with Gasteiger partial charge in [-0.15, -0.1) is 0 Å². The lowest BCUT2D eigenvalue weighted by Crippen LogP contribution is -2.29. The van der Waals surface area contributed by atoms with Crippen LogP contribution in [0.3, 0.4) is 0 Å². The molecule has 0 aliphatic carbocycles. The zero-order valence-electron chi connectivity index (χ0n) is 10.9. The number of rotatable bonds is 6. The second kappa shape index (κ2) is 6.17. The summed E-state index contributed by atoms with van der Waals surface area (Å²) in [5.74, 6) is -5.09. The Morgan fingerprint density at radius 3 is 2.10 bits per heavy atom. The van der Waals surface area contributed by atoms with Crippen LogP contribution in [-0.2, 0) is 14.6 Å². The average Bonchev–Trinajstić information content (AvgIpc) is 2.38. The van der Waals surface area contributed by atoms with E-state index in [0.717, 1.165) is 12.1 Å². The molecule has 2 N–H and O–H groups in total. The number of halogens is 2. The van der Waals surface area contributed by atoms with E-state index >= 15 is 0 Å². The van der Waals surface area contributed by atoms with Gasteiger partial charge >= 0.3 is 11.7 Å². The van der Waals surface area contributed by atoms with E-state index in [1.54, 1.807) is 6.92 Å². The maximum Gasteiger partial charge on any atom is 0.341 e. The van der Waals surface area contributed by atoms with Crippen LogP contribution in [0.25, 0.3) is 0 Å². The van der Waals surface area contributed by atoms with Gasteiger partial charge in [0.2, 0.25) is 9.84 Å². The van der Waals surface area contributed by atoms with Crippen molar-refractivity contribution < 1.29 is 27.1 Å². The molecule has 20 heavy (non-hydrogen) atoms. The number of sulfone groups is 1. The van der Waals surface area contributed by atoms with Gasteiger partial charge in [-0.1, -0.05) is 0 Å². The predicted molar refractivity (Wildman–Crippen MR) is 69.5 cm³/mol. The Labute approximate surface area is 115 Å². The fourth-order valence-electron chi connectivity index (χ4n) is 1.45. The van der Waals surface area contributed by atoms with E-state index in [-0.39, 0.29) is 0 Å². The van der Waals surface area contributed by atoms with E-state index < -0.39 is 38.4 Å². The van der Waals surface area contributed by atoms with Crippen molar-refractivity contribution in [3.63, 3.8) is 0 Å². The van der Waals surface area contributed by atoms with E-state index in [4.69, 9.17) is 5.11 Å². The lowest BCUT2D eigenvalue weighted by molar-refractivity contribution is -0.141. The molecule has 1 rings (SSSR count). The number of carboxylic acids is 1. The summed E-state index contributed by atoms with van der Waals surface area (Å²) in [5.41, 5.74) is 0.457. The molecule has 0 radical (unpaired) electrons. The molecule has 0 aliphatic heterocycles. The van der Waals surface area contributed by atoms with Crippen molar-refractivity contribution in [1.29, 1.82) is 0 Å². The molecule has 0 spiro atoms. The van der Waals surface area contributed by atoms with Crippen LogP contribution in [0.15, 0.2) is 29.2 Å². The zero-order valence-corrected chi connectivity index (χ0v) is 11.7. The van der Waals surface area contributed by atoms with Gasteiger partial charge in [0, 0.05) is 11.7 Å². The number of alkyl halides is 2. The normalized spacial score (nSPS) is 14.8. The summed E-state index contributed by atoms with van der Waals surface area (Å²) < 4.78 is 47.1. The molecule has 0 aromatic heterocycles. The van der Waals surface area contributed by atoms with Crippen LogP contribution in [0.1, 0.15) is 13.8 Å². The fraction of sp³-hybridized carbons (Fsp3) is 0.417. The van der Waals surface area contributed by atoms with Crippen LogP contribution in [-0.4, -0.2) is 31.3 Å². The van der Waals surface area contributed by atoms with Crippen LogP contribution in [0.4, 0.5) is 14.5 Å². The summed E-state index contributed by atoms with van der Waals surface area (Å²) in [6, 6.07) is 4.36. The third-order valence-electron chi connectivity index (χ3n) is 2.95. The van der Waals surface area contributed by atoms with Crippen molar-refractivity contribution in [3.8, 4) is 0 Å². The van der Waals surface area contributed by atoms with Crippen LogP contribution in [0.5, 0.6) is 0 Å². The quantitative estimate of drug-likeness (QED) is 0.842. The molecule has 2 unspecified atom stereocenters. The number of anilines is 1. The Balaban J connectivity index is 2.85. The van der Waals surface area contributed by atoms with E-state index in [0.29, 0.717) is 5.69 Å². The first-order valence-corrected chi connectivity index (χ1v) is 7.32. The molecule has 2 atom stereocenters. The van der Waals surface area contributed by atoms with Gasteiger partial charge in [-0.25, -0.2) is 8.42 Å². The summed E-state index contributed by atoms with van der Waals surface area (Å²) in [6.45, 7) is 3.18. The number of hydrogen-bond acceptors (Lipinski definition) is 4. The Hall–Kier alpha value is -1.70. The van der Waals surface area contributed by atoms with Gasteiger partial charge in [-0.05, 0) is 38.1 Å². The Morgan fingerprint density at radius 1 is 1.20 bits per heavy atom. The highest BCUT2D eigenvalue weighted by molar-refractivity contribution is 7.91. The van der Waals surface area contributed by atoms with Crippen LogP contribution >= 0.6 is 0 Å². The minimum absolute atomic E-state index is 0.398. The number of carbonyl (C=O) groups is 1. The van der Waals surface area contributed by atoms with Crippen molar-refractivity contribution in [2.75, 3.05) is 5.32 Å². The number of benzene rings is 1. The lowest BCUT2D eigenvalue weighted by atomic mass is 10.0. The van der Waals surface area contributed by atoms with Crippen molar-refractivity contribution in [3.05, 3.63) is 24.3 Å². The van der Waals surface area contributed by atoms with Gasteiger partial charge in [0.15, 0.2) is 0 Å². The molecule has 112 valence electrons. The van der Waals surface area contributed by atoms with Gasteiger partial charge in [0.05, 0.1) is 10.8 Å². The van der Waals surface area contributed by atoms with E-state index in [2.05, 4.69) is 5.32 Å². The Kier molecular flexibility index (Phi) is 5.04. The number of aliphatic carboxylic acids is 1. The van der Waals surface area contributed by atoms with Crippen molar-refractivity contribution >= 4 is 21.5 Å². The number of nitrogens with one attached hydrogen (secondary N) is 1. The summed E-state index contributed by atoms with van der Waals surface area (Å²) in [4.78, 5) is 10.3. The molecule has 0 bridgehead atoms. The monoisotopic (exact) mass is 307 g/mol. The molecule has 1 aromatic rings. The summed E-state index contributed by atoms with van der Waals surface area (Å²) in [6.07, 6.45) is 0. The van der Waals surface area contributed by atoms with Gasteiger partial charge in [0.1, 0.15) is 0 Å². The minimum atomic E-state index is -4.61. The highest BCUT2D eigenvalue weighted by Crippen LogP contribution is 2.21. The minimum Gasteiger partial charge on any atom is -0.481 e. The molecule has 0 saturated carbocycles.